The Bertz CT molecular complexity index is 281. The molecule has 0 unspecified atom stereocenters. The third-order valence-electron chi connectivity index (χ3n) is 3.21. The number of hydrogen-bond acceptors (Lipinski definition) is 2. The first kappa shape index (κ1) is 48.5. The predicted molar refractivity (Wildman–Crippen MR) is 124 cm³/mol. The van der Waals surface area contributed by atoms with E-state index in [1.54, 1.807) is 18.8 Å². The Kier molecular flexibility index (Phi) is 70.8. The fourth-order valence-corrected chi connectivity index (χ4v) is 2.21. The smallest absolute Gasteiger partial charge is 0.0534 e. The summed E-state index contributed by atoms with van der Waals surface area (Å²) in [5.41, 5.74) is 14.5. The van der Waals surface area contributed by atoms with Crippen LogP contribution in [-0.2, 0) is 44.8 Å². The number of carboxylic acid groups (broad SMARTS) is 2. The van der Waals surface area contributed by atoms with Crippen LogP contribution in [-0.4, -0.2) is 34.2 Å². The maximum absolute atomic E-state index is 9.00. The van der Waals surface area contributed by atoms with Crippen molar-refractivity contribution in [3.05, 3.63) is 31.2 Å². The second kappa shape index (κ2) is 43.8. The van der Waals surface area contributed by atoms with E-state index >= 15 is 0 Å². The molecule has 13 heteroatoms. The first-order chi connectivity index (χ1) is 12.7. The van der Waals surface area contributed by atoms with E-state index in [1.165, 1.54) is 38.5 Å². The van der Waals surface area contributed by atoms with E-state index in [0.29, 0.717) is 0 Å². The van der Waals surface area contributed by atoms with Crippen LogP contribution in [0.3, 0.4) is 0 Å². The minimum Gasteiger partial charge on any atom is -0.693 e. The standard InChI is InChI=1S/2C6H12N.2C2H4O2.CH3.3ClH.2H2N.2Pt/c2*7-6-4-2-1-3-5-6;2*1-2(3)4;;;;;;;;/h2*6-7H,1-5H2;2*1H3,(H,3,4);1H3;3*1H;2*1H2;;/q2*-1;;;-1;;;;2*-1;+1;+4/p-3. The van der Waals surface area contributed by atoms with Gasteiger partial charge in [-0.1, -0.05) is 64.2 Å². The van der Waals surface area contributed by atoms with Crippen molar-refractivity contribution in [2.75, 3.05) is 0 Å². The Labute approximate surface area is 215 Å². The van der Waals surface area contributed by atoms with Gasteiger partial charge in [0.05, 0.1) is 0 Å². The van der Waals surface area contributed by atoms with E-state index in [2.05, 4.69) is 9.42 Å². The average Bonchev–Trinajstić information content (AvgIpc) is 2.58. The zero-order valence-corrected chi connectivity index (χ0v) is 24.7. The van der Waals surface area contributed by atoms with Gasteiger partial charge in [-0.25, -0.2) is 0 Å². The SMILES string of the molecule is CC(=O)O.CC(=O)O.[CH3-].[Cl][Pt+2][Cl].[Cl][Pt].[NH-]C1CCCCC1.[NH-]C1CCCCC1.[NH2-].[NH2-]. The van der Waals surface area contributed by atoms with Crippen LogP contribution >= 0.6 is 28.3 Å². The summed E-state index contributed by atoms with van der Waals surface area (Å²) in [7, 11) is 14.4. The molecule has 0 amide bonds. The van der Waals surface area contributed by atoms with Crippen LogP contribution in [0, 0.1) is 7.43 Å². The first-order valence-electron chi connectivity index (χ1n) is 8.42. The van der Waals surface area contributed by atoms with Gasteiger partial charge in [-0.05, 0) is 0 Å². The number of halogens is 3. The second-order valence-corrected chi connectivity index (χ2v) is 9.04. The molecular formula is C17H39Cl3N4O4Pt2-3. The van der Waals surface area contributed by atoms with Crippen LogP contribution < -0.4 is 0 Å². The van der Waals surface area contributed by atoms with Crippen LogP contribution in [0.15, 0.2) is 0 Å². The van der Waals surface area contributed by atoms with Gasteiger partial charge in [0.15, 0.2) is 0 Å². The fraction of sp³-hybridized carbons (Fsp3) is 0.824. The molecule has 0 aromatic carbocycles. The summed E-state index contributed by atoms with van der Waals surface area (Å²) in [6, 6.07) is 0.572. The third kappa shape index (κ3) is 78.6. The Morgan fingerprint density at radius 3 is 0.967 bits per heavy atom. The van der Waals surface area contributed by atoms with E-state index in [4.69, 9.17) is 50.1 Å². The summed E-state index contributed by atoms with van der Waals surface area (Å²) < 4.78 is 0. The van der Waals surface area contributed by atoms with Crippen molar-refractivity contribution in [2.45, 2.75) is 90.1 Å². The van der Waals surface area contributed by atoms with E-state index in [0.717, 1.165) is 39.5 Å². The summed E-state index contributed by atoms with van der Waals surface area (Å²) in [4.78, 5) is 18.0. The molecule has 0 spiro atoms. The van der Waals surface area contributed by atoms with E-state index in [9.17, 15) is 0 Å². The number of rotatable bonds is 0. The van der Waals surface area contributed by atoms with Crippen LogP contribution in [0.2, 0.25) is 0 Å². The first-order valence-corrected chi connectivity index (χ1v) is 16.9. The summed E-state index contributed by atoms with van der Waals surface area (Å²) >= 11 is 1.14. The van der Waals surface area contributed by atoms with Crippen LogP contribution in [0.4, 0.5) is 0 Å². The number of nitrogens with one attached hydrogen (secondary N) is 2. The Balaban J connectivity index is -0.0000000437. The Hall–Kier alpha value is 1.03. The van der Waals surface area contributed by atoms with Crippen molar-refractivity contribution in [3.8, 4) is 0 Å². The number of nitrogens with two attached hydrogens (primary N) is 2. The van der Waals surface area contributed by atoms with Crippen LogP contribution in [0.5, 0.6) is 0 Å². The largest absolute Gasteiger partial charge is 0.693 e. The van der Waals surface area contributed by atoms with E-state index in [1.807, 2.05) is 0 Å². The fourth-order valence-electron chi connectivity index (χ4n) is 2.21. The molecule has 2 saturated carbocycles. The van der Waals surface area contributed by atoms with Gasteiger partial charge in [0.1, 0.15) is 0 Å². The second-order valence-electron chi connectivity index (χ2n) is 5.75. The molecular weight excluding hydrogens is 821 g/mol. The molecule has 0 bridgehead atoms. The zero-order valence-electron chi connectivity index (χ0n) is 17.9. The molecule has 2 fully saturated rings. The predicted octanol–water partition coefficient (Wildman–Crippen LogP) is 8.87. The maximum atomic E-state index is 9.00. The Morgan fingerprint density at radius 2 is 0.900 bits per heavy atom. The minimum atomic E-state index is -0.833. The van der Waals surface area contributed by atoms with Gasteiger partial charge >= 0.3 is 63.5 Å². The van der Waals surface area contributed by atoms with Gasteiger partial charge in [0.25, 0.3) is 11.9 Å². The number of hydrogen-bond donors (Lipinski definition) is 2. The molecule has 0 heterocycles. The van der Waals surface area contributed by atoms with Gasteiger partial charge in [-0.15, -0.1) is 12.1 Å². The summed E-state index contributed by atoms with van der Waals surface area (Å²) in [6.07, 6.45) is 12.6. The summed E-state index contributed by atoms with van der Waals surface area (Å²) in [5.74, 6) is -1.67. The average molecular weight is 860 g/mol. The van der Waals surface area contributed by atoms with Gasteiger partial charge in [0, 0.05) is 13.8 Å². The van der Waals surface area contributed by atoms with Crippen molar-refractivity contribution in [1.82, 2.24) is 0 Å². The molecule has 2 aliphatic carbocycles. The van der Waals surface area contributed by atoms with Crippen LogP contribution in [0.25, 0.3) is 23.8 Å². The van der Waals surface area contributed by atoms with Crippen molar-refractivity contribution < 1.29 is 55.1 Å². The van der Waals surface area contributed by atoms with E-state index < -0.39 is 28.4 Å². The van der Waals surface area contributed by atoms with E-state index in [-0.39, 0.29) is 31.8 Å². The van der Waals surface area contributed by atoms with Gasteiger partial charge in [0.2, 0.25) is 0 Å². The Morgan fingerprint density at radius 1 is 0.767 bits per heavy atom. The van der Waals surface area contributed by atoms with Crippen molar-refractivity contribution in [1.29, 1.82) is 0 Å². The molecule has 0 aliphatic heterocycles. The monoisotopic (exact) mass is 858 g/mol. The summed E-state index contributed by atoms with van der Waals surface area (Å²) in [5, 5.41) is 14.8. The van der Waals surface area contributed by atoms with Crippen LogP contribution in [0.1, 0.15) is 78.1 Å². The molecule has 0 atom stereocenters. The number of carbonyl (C=O) groups is 2. The number of aliphatic carboxylic acids is 2. The minimum absolute atomic E-state index is 0. The van der Waals surface area contributed by atoms with Crippen molar-refractivity contribution in [2.24, 2.45) is 0 Å². The molecule has 30 heavy (non-hydrogen) atoms. The molecule has 0 saturated heterocycles. The summed E-state index contributed by atoms with van der Waals surface area (Å²) in [6.45, 7) is 2.17. The number of carboxylic acids is 2. The maximum Gasteiger partial charge on any atom is -0.0534 e. The normalized spacial score (nSPS) is 14.4. The quantitative estimate of drug-likeness (QED) is 0.230. The molecule has 0 aromatic rings. The molecule has 2 aliphatic rings. The van der Waals surface area contributed by atoms with Gasteiger partial charge in [-0.3, -0.25) is 9.59 Å². The molecule has 0 radical (unpaired) electrons. The molecule has 0 aromatic heterocycles. The van der Waals surface area contributed by atoms with Gasteiger partial charge in [-0.2, -0.15) is 0 Å². The topological polar surface area (TPSA) is 189 Å². The van der Waals surface area contributed by atoms with Gasteiger partial charge < -0.3 is 41.4 Å². The molecule has 2 rings (SSSR count). The zero-order chi connectivity index (χ0) is 22.1. The molecule has 8 N–H and O–H groups in total. The molecule has 195 valence electrons. The third-order valence-corrected chi connectivity index (χ3v) is 3.21. The molecule has 8 nitrogen and oxygen atoms in total. The van der Waals surface area contributed by atoms with Crippen molar-refractivity contribution in [3.63, 3.8) is 0 Å². The van der Waals surface area contributed by atoms with Crippen molar-refractivity contribution >= 4 is 40.2 Å².